The Bertz CT molecular complexity index is 829. The van der Waals surface area contributed by atoms with E-state index in [1.165, 1.54) is 23.9 Å². The van der Waals surface area contributed by atoms with E-state index < -0.39 is 6.42 Å². The van der Waals surface area contributed by atoms with Crippen LogP contribution in [0.25, 0.3) is 0 Å². The monoisotopic (exact) mass is 417 g/mol. The van der Waals surface area contributed by atoms with Crippen molar-refractivity contribution in [2.75, 3.05) is 31.1 Å². The summed E-state index contributed by atoms with van der Waals surface area (Å²) < 4.78 is 14.5. The van der Waals surface area contributed by atoms with E-state index >= 15 is 0 Å². The summed E-state index contributed by atoms with van der Waals surface area (Å²) in [6.07, 6.45) is 5.65. The molecule has 3 aliphatic heterocycles. The molecule has 0 spiro atoms. The van der Waals surface area contributed by atoms with Crippen LogP contribution < -0.4 is 4.78 Å². The van der Waals surface area contributed by atoms with Crippen LogP contribution >= 0.6 is 6.42 Å². The van der Waals surface area contributed by atoms with Gasteiger partial charge in [0, 0.05) is 25.4 Å². The van der Waals surface area contributed by atoms with E-state index in [-0.39, 0.29) is 6.10 Å². The standard InChI is InChI=1S/C21H28N3O2PS/c28-27(26-16-18-10-7-15-25-18)21-19(22-24(27)17-8-2-1-3-9-17)11-6-12-20(21)23-13-4-5-14-23/h1-3,8-9,18H,4-7,10-16H2/t18-,27-/m0/s1. The number of nitrogens with zero attached hydrogens (tertiary/aromatic N) is 3. The highest BCUT2D eigenvalue weighted by Crippen LogP contribution is 2.67. The summed E-state index contributed by atoms with van der Waals surface area (Å²) in [5, 5.41) is 6.29. The molecule has 0 unspecified atom stereocenters. The van der Waals surface area contributed by atoms with Crippen molar-refractivity contribution < 1.29 is 9.26 Å². The average Bonchev–Trinajstić information content (AvgIpc) is 3.48. The van der Waals surface area contributed by atoms with Gasteiger partial charge in [-0.15, -0.1) is 0 Å². The van der Waals surface area contributed by atoms with Crippen molar-refractivity contribution in [3.63, 3.8) is 0 Å². The molecule has 5 rings (SSSR count). The minimum atomic E-state index is -2.47. The first-order chi connectivity index (χ1) is 13.8. The van der Waals surface area contributed by atoms with Gasteiger partial charge >= 0.3 is 0 Å². The summed E-state index contributed by atoms with van der Waals surface area (Å²) in [5.41, 5.74) is 3.61. The lowest BCUT2D eigenvalue weighted by Gasteiger charge is -2.34. The normalized spacial score (nSPS) is 30.1. The first-order valence-corrected chi connectivity index (χ1v) is 13.2. The van der Waals surface area contributed by atoms with Gasteiger partial charge in [-0.1, -0.05) is 18.2 Å². The molecule has 0 radical (unpaired) electrons. The van der Waals surface area contributed by atoms with Crippen LogP contribution in [0.2, 0.25) is 0 Å². The molecule has 2 saturated heterocycles. The van der Waals surface area contributed by atoms with Gasteiger partial charge in [0.15, 0.2) is 0 Å². The molecule has 0 bridgehead atoms. The zero-order chi connectivity index (χ0) is 19.0. The van der Waals surface area contributed by atoms with Gasteiger partial charge in [-0.2, -0.15) is 5.10 Å². The number of anilines is 1. The minimum absolute atomic E-state index is 0.168. The highest BCUT2D eigenvalue weighted by Gasteiger charge is 2.45. The number of hydrazone groups is 1. The van der Waals surface area contributed by atoms with E-state index in [4.69, 9.17) is 26.2 Å². The number of likely N-dealkylation sites (tertiary alicyclic amines) is 1. The first-order valence-electron chi connectivity index (χ1n) is 10.5. The minimum Gasteiger partial charge on any atom is -0.376 e. The Morgan fingerprint density at radius 2 is 1.93 bits per heavy atom. The van der Waals surface area contributed by atoms with Crippen molar-refractivity contribution in [1.29, 1.82) is 0 Å². The van der Waals surface area contributed by atoms with Gasteiger partial charge in [0.1, 0.15) is 0 Å². The lowest BCUT2D eigenvalue weighted by Crippen LogP contribution is -2.25. The van der Waals surface area contributed by atoms with Crippen LogP contribution in [0.15, 0.2) is 46.4 Å². The number of allylic oxidation sites excluding steroid dienone is 2. The predicted octanol–water partition coefficient (Wildman–Crippen LogP) is 4.86. The largest absolute Gasteiger partial charge is 0.376 e. The highest BCUT2D eigenvalue weighted by molar-refractivity contribution is 8.15. The van der Waals surface area contributed by atoms with Crippen molar-refractivity contribution in [3.05, 3.63) is 41.3 Å². The maximum Gasteiger partial charge on any atom is 0.209 e. The molecule has 150 valence electrons. The van der Waals surface area contributed by atoms with Crippen molar-refractivity contribution in [1.82, 2.24) is 4.90 Å². The molecule has 28 heavy (non-hydrogen) atoms. The van der Waals surface area contributed by atoms with Gasteiger partial charge in [-0.05, 0) is 68.9 Å². The van der Waals surface area contributed by atoms with Gasteiger partial charge < -0.3 is 14.2 Å². The molecule has 1 aliphatic carbocycles. The maximum atomic E-state index is 6.63. The van der Waals surface area contributed by atoms with Gasteiger partial charge in [0.2, 0.25) is 6.42 Å². The van der Waals surface area contributed by atoms with Crippen molar-refractivity contribution in [3.8, 4) is 0 Å². The summed E-state index contributed by atoms with van der Waals surface area (Å²) in [5.74, 6) is 0. The molecule has 0 amide bonds. The van der Waals surface area contributed by atoms with Crippen molar-refractivity contribution in [2.45, 2.75) is 51.0 Å². The molecular weight excluding hydrogens is 389 g/mol. The fourth-order valence-electron chi connectivity index (χ4n) is 4.66. The SMILES string of the molecule is S=[P@@]1(OC[C@@H]2CCCO2)C2=C(N3CCCC3)CCCC2=NN1c1ccccc1. The van der Waals surface area contributed by atoms with E-state index in [1.807, 2.05) is 23.0 Å². The second kappa shape index (κ2) is 7.91. The van der Waals surface area contributed by atoms with E-state index in [0.29, 0.717) is 6.61 Å². The zero-order valence-electron chi connectivity index (χ0n) is 16.3. The lowest BCUT2D eigenvalue weighted by atomic mass is 10.0. The fourth-order valence-corrected chi connectivity index (χ4v) is 8.39. The molecular formula is C21H28N3O2PS. The molecule has 2 atom stereocenters. The third-order valence-electron chi connectivity index (χ3n) is 6.06. The van der Waals surface area contributed by atoms with Crippen LogP contribution in [0, 0.1) is 0 Å². The summed E-state index contributed by atoms with van der Waals surface area (Å²) in [4.78, 5) is 2.55. The molecule has 7 heteroatoms. The second-order valence-electron chi connectivity index (χ2n) is 7.97. The third-order valence-corrected chi connectivity index (χ3v) is 9.78. The molecule has 5 nitrogen and oxygen atoms in total. The van der Waals surface area contributed by atoms with Crippen molar-refractivity contribution >= 4 is 29.6 Å². The van der Waals surface area contributed by atoms with Gasteiger partial charge in [-0.3, -0.25) is 0 Å². The van der Waals surface area contributed by atoms with Crippen LogP contribution in [0.4, 0.5) is 5.69 Å². The summed E-state index contributed by atoms with van der Waals surface area (Å²) in [6.45, 7) is 3.68. The van der Waals surface area contributed by atoms with Crippen LogP contribution in [0.1, 0.15) is 44.9 Å². The van der Waals surface area contributed by atoms with Crippen LogP contribution in [0.3, 0.4) is 0 Å². The van der Waals surface area contributed by atoms with E-state index in [9.17, 15) is 0 Å². The van der Waals surface area contributed by atoms with E-state index in [0.717, 1.165) is 63.2 Å². The Morgan fingerprint density at radius 3 is 2.68 bits per heavy atom. The van der Waals surface area contributed by atoms with Gasteiger partial charge in [0.25, 0.3) is 0 Å². The molecule has 1 aromatic rings. The Hall–Kier alpha value is -1.20. The average molecular weight is 418 g/mol. The fraction of sp³-hybridized carbons (Fsp3) is 0.571. The number of benzene rings is 1. The number of ether oxygens (including phenoxy) is 1. The maximum absolute atomic E-state index is 6.63. The molecule has 2 fully saturated rings. The Kier molecular flexibility index (Phi) is 5.31. The number of hydrogen-bond donors (Lipinski definition) is 0. The van der Waals surface area contributed by atoms with Gasteiger partial charge in [-0.25, -0.2) is 4.78 Å². The molecule has 0 N–H and O–H groups in total. The Morgan fingerprint density at radius 1 is 1.11 bits per heavy atom. The smallest absolute Gasteiger partial charge is 0.209 e. The highest BCUT2D eigenvalue weighted by atomic mass is 32.4. The quantitative estimate of drug-likeness (QED) is 0.640. The van der Waals surface area contributed by atoms with Crippen LogP contribution in [-0.4, -0.2) is 43.0 Å². The van der Waals surface area contributed by atoms with Crippen LogP contribution in [0.5, 0.6) is 0 Å². The Labute approximate surface area is 172 Å². The summed E-state index contributed by atoms with van der Waals surface area (Å²) in [7, 11) is 0. The molecule has 0 aromatic heterocycles. The van der Waals surface area contributed by atoms with Crippen LogP contribution in [-0.2, 0) is 21.1 Å². The molecule has 0 saturated carbocycles. The molecule has 1 aromatic carbocycles. The first kappa shape index (κ1) is 18.8. The Balaban J connectivity index is 1.55. The van der Waals surface area contributed by atoms with E-state index in [1.54, 1.807) is 0 Å². The number of para-hydroxylation sites is 1. The second-order valence-corrected chi connectivity index (χ2v) is 11.6. The number of fused-ring (bicyclic) bond motifs is 1. The van der Waals surface area contributed by atoms with Crippen molar-refractivity contribution in [2.24, 2.45) is 5.10 Å². The topological polar surface area (TPSA) is 37.3 Å². The van der Waals surface area contributed by atoms with Gasteiger partial charge in [0.05, 0.1) is 29.4 Å². The summed E-state index contributed by atoms with van der Waals surface area (Å²) in [6, 6.07) is 10.3. The van der Waals surface area contributed by atoms with E-state index in [2.05, 4.69) is 17.0 Å². The predicted molar refractivity (Wildman–Crippen MR) is 117 cm³/mol. The third kappa shape index (κ3) is 3.35. The lowest BCUT2D eigenvalue weighted by molar-refractivity contribution is 0.0721. The number of rotatable bonds is 5. The number of hydrogen-bond acceptors (Lipinski definition) is 5. The summed E-state index contributed by atoms with van der Waals surface area (Å²) >= 11 is 6.38. The molecule has 3 heterocycles. The zero-order valence-corrected chi connectivity index (χ0v) is 18.0. The molecule has 4 aliphatic rings.